The molecule has 0 radical (unpaired) electrons. The Morgan fingerprint density at radius 3 is 1.43 bits per heavy atom. The maximum absolute atomic E-state index is 11.2. The number of amides is 2. The molecule has 1 N–H and O–H groups in total. The van der Waals surface area contributed by atoms with Crippen molar-refractivity contribution in [2.45, 2.75) is 14.4 Å². The summed E-state index contributed by atoms with van der Waals surface area (Å²) in [5.74, 6) is 0.00884. The molecule has 0 saturated heterocycles. The fourth-order valence-corrected chi connectivity index (χ4v) is 1.73. The highest BCUT2D eigenvalue weighted by Gasteiger charge is 2.13. The number of nitrogens with zero attached hydrogens (tertiary/aromatic N) is 5. The van der Waals surface area contributed by atoms with Crippen molar-refractivity contribution in [3.05, 3.63) is 12.8 Å². The number of hydrogen-bond acceptors (Lipinski definition) is 4. The average molecular weight is 539 g/mol. The molecule has 10 heteroatoms. The number of likely N-dealkylation sites (N-methyl/N-ethyl adjacent to an activating group) is 3. The molecule has 0 unspecified atom stereocenters. The zero-order chi connectivity index (χ0) is 29.6. The topological polar surface area (TPSA) is 77.0 Å². The van der Waals surface area contributed by atoms with E-state index >= 15 is 0 Å². The van der Waals surface area contributed by atoms with Gasteiger partial charge in [-0.3, -0.25) is 9.59 Å². The highest BCUT2D eigenvalue weighted by Crippen LogP contribution is 1.90. The van der Waals surface area contributed by atoms with E-state index < -0.39 is 0 Å². The van der Waals surface area contributed by atoms with Gasteiger partial charge in [0.25, 0.3) is 11.8 Å². The van der Waals surface area contributed by atoms with E-state index in [1.807, 2.05) is 48.5 Å². The molecule has 0 fully saturated rings. The Labute approximate surface area is 230 Å². The molecule has 2 amide bonds. The standard InChI is InChI=1S/C8H18N2O2.C7H15N2O.C6H16NO.C5H12N.CH4/c1-10(2,3)7-8(11)9-5-6-12-4;1-5-8-7(10)6-9(2,3)4;1-7(2,3)5-6-8-4;1-5-6(2,3)4;/h5-7H2,1-4H3;5H,6H2,1-4H3;5-6H2,1-4H3;5H,1H2,2-4H3;1H4/q;3*+1;/p+1. The summed E-state index contributed by atoms with van der Waals surface area (Å²) in [5.41, 5.74) is 0. The first-order valence-electron chi connectivity index (χ1n) is 12.2. The van der Waals surface area contributed by atoms with Crippen LogP contribution in [-0.4, -0.2) is 174 Å². The second kappa shape index (κ2) is 23.4. The van der Waals surface area contributed by atoms with Crippen LogP contribution in [0.5, 0.6) is 0 Å². The number of aliphatic imine (C=N–C) groups is 1. The van der Waals surface area contributed by atoms with Crippen molar-refractivity contribution in [1.29, 1.82) is 0 Å². The maximum Gasteiger partial charge on any atom is 0.300 e. The van der Waals surface area contributed by atoms with Gasteiger partial charge in [-0.25, -0.2) is 4.99 Å². The van der Waals surface area contributed by atoms with Gasteiger partial charge in [-0.05, 0) is 13.5 Å². The molecule has 0 aliphatic rings. The van der Waals surface area contributed by atoms with Gasteiger partial charge < -0.3 is 32.7 Å². The van der Waals surface area contributed by atoms with Crippen LogP contribution in [0.1, 0.15) is 14.4 Å². The summed E-state index contributed by atoms with van der Waals surface area (Å²) in [4.78, 5) is 25.6. The van der Waals surface area contributed by atoms with Crippen LogP contribution in [0.25, 0.3) is 0 Å². The lowest BCUT2D eigenvalue weighted by Crippen LogP contribution is -2.44. The Morgan fingerprint density at radius 2 is 1.19 bits per heavy atom. The summed E-state index contributed by atoms with van der Waals surface area (Å²) < 4.78 is 12.8. The molecule has 0 rings (SSSR count). The van der Waals surface area contributed by atoms with Gasteiger partial charge in [0.2, 0.25) is 0 Å². The van der Waals surface area contributed by atoms with Crippen molar-refractivity contribution < 1.29 is 37.0 Å². The summed E-state index contributed by atoms with van der Waals surface area (Å²) in [6, 6.07) is 0. The van der Waals surface area contributed by atoms with Gasteiger partial charge in [0.15, 0.2) is 13.1 Å². The second-order valence-corrected chi connectivity index (χ2v) is 12.3. The Morgan fingerprint density at radius 1 is 0.784 bits per heavy atom. The molecule has 224 valence electrons. The first kappa shape index (κ1) is 45.2. The molecule has 0 spiro atoms. The van der Waals surface area contributed by atoms with Gasteiger partial charge in [0.05, 0.1) is 104 Å². The van der Waals surface area contributed by atoms with Crippen LogP contribution in [0.3, 0.4) is 0 Å². The zero-order valence-corrected chi connectivity index (χ0v) is 26.5. The van der Waals surface area contributed by atoms with Crippen LogP contribution < -0.4 is 5.32 Å². The molecular formula is C27H66N6O4+4. The van der Waals surface area contributed by atoms with Crippen LogP contribution in [0.2, 0.25) is 0 Å². The minimum absolute atomic E-state index is 0. The van der Waals surface area contributed by atoms with Crippen molar-refractivity contribution in [3.8, 4) is 0 Å². The molecule has 0 heterocycles. The lowest BCUT2D eigenvalue weighted by atomic mass is 10.4. The van der Waals surface area contributed by atoms with Crippen LogP contribution in [0, 0.1) is 0 Å². The molecule has 0 atom stereocenters. The summed E-state index contributed by atoms with van der Waals surface area (Å²) in [6.07, 6.45) is 3.40. The van der Waals surface area contributed by atoms with E-state index in [2.05, 4.69) is 59.2 Å². The zero-order valence-electron chi connectivity index (χ0n) is 26.5. The highest BCUT2D eigenvalue weighted by molar-refractivity contribution is 5.85. The first-order valence-corrected chi connectivity index (χ1v) is 12.2. The third-order valence-electron chi connectivity index (χ3n) is 3.64. The third kappa shape index (κ3) is 60.6. The second-order valence-electron chi connectivity index (χ2n) is 12.3. The molecule has 37 heavy (non-hydrogen) atoms. The quantitative estimate of drug-likeness (QED) is 0.246. The van der Waals surface area contributed by atoms with E-state index in [4.69, 9.17) is 9.47 Å². The highest BCUT2D eigenvalue weighted by atomic mass is 16.5. The van der Waals surface area contributed by atoms with Gasteiger partial charge in [0.1, 0.15) is 6.54 Å². The SMILES string of the molecule is C.C=C[N+](C)(C)C.CC=NC(=O)C[N+](C)(C)C.COCCNC(=O)C[N+](C)(C)C.COCC[N+](C)(C)C. The third-order valence-corrected chi connectivity index (χ3v) is 3.64. The fourth-order valence-electron chi connectivity index (χ4n) is 1.73. The molecule has 0 bridgehead atoms. The maximum atomic E-state index is 11.2. The van der Waals surface area contributed by atoms with Crippen LogP contribution in [-0.2, 0) is 19.1 Å². The van der Waals surface area contributed by atoms with E-state index in [0.717, 1.165) is 22.1 Å². The van der Waals surface area contributed by atoms with Crippen molar-refractivity contribution in [1.82, 2.24) is 5.32 Å². The number of methoxy groups -OCH3 is 2. The summed E-state index contributed by atoms with van der Waals surface area (Å²) in [7, 11) is 27.8. The Kier molecular flexibility index (Phi) is 28.6. The molecule has 0 aliphatic carbocycles. The van der Waals surface area contributed by atoms with Gasteiger partial charge in [-0.15, -0.1) is 0 Å². The normalized spacial score (nSPS) is 11.4. The number of quaternary nitrogens is 4. The largest absolute Gasteiger partial charge is 0.383 e. The van der Waals surface area contributed by atoms with Crippen LogP contribution in [0.15, 0.2) is 17.8 Å². The van der Waals surface area contributed by atoms with Crippen molar-refractivity contribution >= 4 is 18.0 Å². The van der Waals surface area contributed by atoms with Gasteiger partial charge in [-0.2, -0.15) is 0 Å². The lowest BCUT2D eigenvalue weighted by molar-refractivity contribution is -0.870. The monoisotopic (exact) mass is 539 g/mol. The van der Waals surface area contributed by atoms with Gasteiger partial charge in [0, 0.05) is 27.0 Å². The van der Waals surface area contributed by atoms with E-state index in [-0.39, 0.29) is 19.2 Å². The Bertz CT molecular complexity index is 596. The fraction of sp³-hybridized carbons (Fsp3) is 0.815. The molecule has 10 nitrogen and oxygen atoms in total. The number of rotatable bonds is 11. The van der Waals surface area contributed by atoms with Gasteiger partial charge in [-0.1, -0.05) is 7.43 Å². The summed E-state index contributed by atoms with van der Waals surface area (Å²) >= 11 is 0. The predicted molar refractivity (Wildman–Crippen MR) is 160 cm³/mol. The lowest BCUT2D eigenvalue weighted by Gasteiger charge is -2.22. The summed E-state index contributed by atoms with van der Waals surface area (Å²) in [6.45, 7) is 9.41. The number of hydrogen-bond donors (Lipinski definition) is 1. The van der Waals surface area contributed by atoms with Crippen molar-refractivity contribution in [2.24, 2.45) is 4.99 Å². The van der Waals surface area contributed by atoms with E-state index in [1.165, 1.54) is 6.21 Å². The first-order chi connectivity index (χ1) is 16.0. The van der Waals surface area contributed by atoms with Crippen molar-refractivity contribution in [2.75, 3.05) is 138 Å². The molecule has 0 aromatic heterocycles. The van der Waals surface area contributed by atoms with E-state index in [1.54, 1.807) is 21.1 Å². The van der Waals surface area contributed by atoms with Gasteiger partial charge >= 0.3 is 0 Å². The minimum atomic E-state index is -0.0602. The van der Waals surface area contributed by atoms with E-state index in [0.29, 0.717) is 35.2 Å². The minimum Gasteiger partial charge on any atom is -0.383 e. The Balaban J connectivity index is -0.000000125. The smallest absolute Gasteiger partial charge is 0.300 e. The van der Waals surface area contributed by atoms with Crippen molar-refractivity contribution in [3.63, 3.8) is 0 Å². The molecule has 0 saturated carbocycles. The average Bonchev–Trinajstić information content (AvgIpc) is 2.64. The van der Waals surface area contributed by atoms with Crippen LogP contribution >= 0.6 is 0 Å². The number of carbonyl (C=O) groups excluding carboxylic acids is 2. The summed E-state index contributed by atoms with van der Waals surface area (Å²) in [5, 5.41) is 2.76. The molecule has 0 aliphatic heterocycles. The number of nitrogens with one attached hydrogen (secondary N) is 1. The van der Waals surface area contributed by atoms with Crippen LogP contribution in [0.4, 0.5) is 0 Å². The predicted octanol–water partition coefficient (Wildman–Crippen LogP) is 1.58. The van der Waals surface area contributed by atoms with E-state index in [9.17, 15) is 9.59 Å². The number of ether oxygens (including phenoxy) is 2. The molecule has 0 aromatic carbocycles. The number of carbonyl (C=O) groups is 2. The molecular weight excluding hydrogens is 472 g/mol. The molecule has 0 aromatic rings. The Hall–Kier alpha value is -1.69.